The highest BCUT2D eigenvalue weighted by Gasteiger charge is 2.30. The fraction of sp³-hybridized carbons (Fsp3) is 0.300. The molecule has 3 N–H and O–H groups in total. The average molecular weight is 520 g/mol. The van der Waals surface area contributed by atoms with E-state index in [4.69, 9.17) is 0 Å². The molecule has 0 unspecified atom stereocenters. The Morgan fingerprint density at radius 3 is 2.24 bits per heavy atom. The Morgan fingerprint density at radius 1 is 0.931 bits per heavy atom. The highest BCUT2D eigenvalue weighted by molar-refractivity contribution is 14.0. The second-order valence-electron chi connectivity index (χ2n) is 6.06. The maximum absolute atomic E-state index is 12.8. The number of carbonyl (C=O) groups is 1. The number of aliphatic imine (C=N–C) groups is 1. The van der Waals surface area contributed by atoms with Gasteiger partial charge in [-0.3, -0.25) is 9.79 Å². The molecule has 158 valence electrons. The third kappa shape index (κ3) is 9.16. The molecule has 0 heterocycles. The van der Waals surface area contributed by atoms with Crippen molar-refractivity contribution in [2.45, 2.75) is 25.7 Å². The molecule has 0 aliphatic carbocycles. The zero-order valence-electron chi connectivity index (χ0n) is 15.9. The highest BCUT2D eigenvalue weighted by atomic mass is 127. The Labute approximate surface area is 185 Å². The molecule has 9 heteroatoms. The van der Waals surface area contributed by atoms with Gasteiger partial charge >= 0.3 is 6.18 Å². The molecule has 29 heavy (non-hydrogen) atoms. The van der Waals surface area contributed by atoms with E-state index in [1.54, 1.807) is 13.1 Å². The minimum absolute atomic E-state index is 0. The lowest BCUT2D eigenvalue weighted by Crippen LogP contribution is -2.38. The molecule has 0 radical (unpaired) electrons. The van der Waals surface area contributed by atoms with Gasteiger partial charge in [0.15, 0.2) is 5.96 Å². The lowest BCUT2D eigenvalue weighted by atomic mass is 10.1. The normalized spacial score (nSPS) is 11.4. The van der Waals surface area contributed by atoms with Gasteiger partial charge in [0.1, 0.15) is 0 Å². The van der Waals surface area contributed by atoms with Crippen molar-refractivity contribution in [2.75, 3.05) is 13.6 Å². The van der Waals surface area contributed by atoms with E-state index in [1.807, 2.05) is 30.3 Å². The molecule has 0 bridgehead atoms. The quantitative estimate of drug-likeness (QED) is 0.297. The van der Waals surface area contributed by atoms with Crippen LogP contribution >= 0.6 is 24.0 Å². The van der Waals surface area contributed by atoms with E-state index in [2.05, 4.69) is 20.9 Å². The van der Waals surface area contributed by atoms with Gasteiger partial charge in [-0.2, -0.15) is 13.2 Å². The Morgan fingerprint density at radius 2 is 1.59 bits per heavy atom. The number of carbonyl (C=O) groups excluding carboxylic acids is 1. The molecule has 0 saturated heterocycles. The summed E-state index contributed by atoms with van der Waals surface area (Å²) in [4.78, 5) is 15.9. The molecule has 2 rings (SSSR count). The van der Waals surface area contributed by atoms with Crippen LogP contribution in [-0.2, 0) is 24.1 Å². The average Bonchev–Trinajstić information content (AvgIpc) is 2.69. The van der Waals surface area contributed by atoms with E-state index in [0.717, 1.165) is 17.7 Å². The summed E-state index contributed by atoms with van der Waals surface area (Å²) in [6.45, 7) is 0.995. The van der Waals surface area contributed by atoms with E-state index in [9.17, 15) is 18.0 Å². The first-order valence-electron chi connectivity index (χ1n) is 8.80. The van der Waals surface area contributed by atoms with Crippen molar-refractivity contribution < 1.29 is 18.0 Å². The van der Waals surface area contributed by atoms with Crippen LogP contribution in [0.3, 0.4) is 0 Å². The molecule has 1 amide bonds. The van der Waals surface area contributed by atoms with Gasteiger partial charge in [-0.1, -0.05) is 42.5 Å². The maximum Gasteiger partial charge on any atom is 0.416 e. The van der Waals surface area contributed by atoms with Crippen LogP contribution in [0.1, 0.15) is 23.1 Å². The minimum Gasteiger partial charge on any atom is -0.356 e. The van der Waals surface area contributed by atoms with Crippen LogP contribution in [0.2, 0.25) is 0 Å². The summed E-state index contributed by atoms with van der Waals surface area (Å²) >= 11 is 0. The number of alkyl halides is 3. The van der Waals surface area contributed by atoms with E-state index < -0.39 is 11.7 Å². The summed E-state index contributed by atoms with van der Waals surface area (Å²) < 4.78 is 38.3. The molecule has 0 atom stereocenters. The number of hydrogen-bond donors (Lipinski definition) is 3. The van der Waals surface area contributed by atoms with E-state index in [0.29, 0.717) is 24.6 Å². The Balaban J connectivity index is 0.00000420. The summed E-state index contributed by atoms with van der Waals surface area (Å²) in [5.41, 5.74) is 0.811. The molecule has 0 aliphatic rings. The van der Waals surface area contributed by atoms with Gasteiger partial charge in [0.25, 0.3) is 0 Å². The van der Waals surface area contributed by atoms with Crippen LogP contribution in [0.5, 0.6) is 0 Å². The minimum atomic E-state index is -4.37. The molecule has 5 nitrogen and oxygen atoms in total. The van der Waals surface area contributed by atoms with Crippen molar-refractivity contribution in [1.29, 1.82) is 0 Å². The highest BCUT2D eigenvalue weighted by Crippen LogP contribution is 2.29. The van der Waals surface area contributed by atoms with Crippen molar-refractivity contribution in [1.82, 2.24) is 16.0 Å². The molecule has 0 aromatic heterocycles. The second kappa shape index (κ2) is 12.3. The van der Waals surface area contributed by atoms with Gasteiger partial charge in [-0.25, -0.2) is 0 Å². The predicted molar refractivity (Wildman–Crippen MR) is 118 cm³/mol. The first kappa shape index (κ1) is 24.7. The molecular formula is C20H24F3IN4O. The first-order valence-corrected chi connectivity index (χ1v) is 8.80. The summed E-state index contributed by atoms with van der Waals surface area (Å²) in [7, 11) is 1.55. The number of guanidine groups is 1. The van der Waals surface area contributed by atoms with Gasteiger partial charge in [-0.15, -0.1) is 24.0 Å². The molecule has 2 aromatic carbocycles. The summed E-state index contributed by atoms with van der Waals surface area (Å²) in [6, 6.07) is 14.7. The van der Waals surface area contributed by atoms with Gasteiger partial charge in [-0.05, 0) is 23.3 Å². The SMILES string of the molecule is CN=C(NCCC(=O)NCc1ccccc1)NCc1cccc(C(F)(F)F)c1.I. The number of halogens is 4. The Hall–Kier alpha value is -2.30. The molecule has 0 saturated carbocycles. The lowest BCUT2D eigenvalue weighted by molar-refractivity contribution is -0.137. The fourth-order valence-electron chi connectivity index (χ4n) is 2.44. The van der Waals surface area contributed by atoms with Crippen molar-refractivity contribution >= 4 is 35.8 Å². The second-order valence-corrected chi connectivity index (χ2v) is 6.06. The van der Waals surface area contributed by atoms with Crippen LogP contribution < -0.4 is 16.0 Å². The number of rotatable bonds is 7. The topological polar surface area (TPSA) is 65.5 Å². The number of nitrogens with one attached hydrogen (secondary N) is 3. The van der Waals surface area contributed by atoms with Gasteiger partial charge in [0, 0.05) is 33.1 Å². The Kier molecular flexibility index (Phi) is 10.5. The van der Waals surface area contributed by atoms with Crippen molar-refractivity contribution in [3.05, 3.63) is 71.3 Å². The summed E-state index contributed by atoms with van der Waals surface area (Å²) in [5, 5.41) is 8.73. The third-order valence-corrected chi connectivity index (χ3v) is 3.91. The molecule has 0 fully saturated rings. The predicted octanol–water partition coefficient (Wildman–Crippen LogP) is 3.69. The van der Waals surface area contributed by atoms with Crippen LogP contribution in [0, 0.1) is 0 Å². The van der Waals surface area contributed by atoms with Crippen molar-refractivity contribution in [3.63, 3.8) is 0 Å². The number of benzene rings is 2. The number of amides is 1. The zero-order valence-corrected chi connectivity index (χ0v) is 18.3. The monoisotopic (exact) mass is 520 g/mol. The molecule has 2 aromatic rings. The van der Waals surface area contributed by atoms with Gasteiger partial charge in [0.2, 0.25) is 5.91 Å². The van der Waals surface area contributed by atoms with Crippen molar-refractivity contribution in [3.8, 4) is 0 Å². The summed E-state index contributed by atoms with van der Waals surface area (Å²) in [5.74, 6) is 0.304. The van der Waals surface area contributed by atoms with Gasteiger partial charge in [0.05, 0.1) is 5.56 Å². The van der Waals surface area contributed by atoms with Crippen LogP contribution in [-0.4, -0.2) is 25.5 Å². The van der Waals surface area contributed by atoms with Crippen LogP contribution in [0.25, 0.3) is 0 Å². The largest absolute Gasteiger partial charge is 0.416 e. The maximum atomic E-state index is 12.8. The van der Waals surface area contributed by atoms with Gasteiger partial charge < -0.3 is 16.0 Å². The summed E-state index contributed by atoms with van der Waals surface area (Å²) in [6.07, 6.45) is -4.12. The first-order chi connectivity index (χ1) is 13.4. The van der Waals surface area contributed by atoms with E-state index >= 15 is 0 Å². The fourth-order valence-corrected chi connectivity index (χ4v) is 2.44. The number of nitrogens with zero attached hydrogens (tertiary/aromatic N) is 1. The Bertz CT molecular complexity index is 798. The lowest BCUT2D eigenvalue weighted by Gasteiger charge is -2.13. The molecule has 0 aliphatic heterocycles. The van der Waals surface area contributed by atoms with Crippen LogP contribution in [0.4, 0.5) is 13.2 Å². The van der Waals surface area contributed by atoms with Crippen molar-refractivity contribution in [2.24, 2.45) is 4.99 Å². The molecular weight excluding hydrogens is 496 g/mol. The molecule has 0 spiro atoms. The van der Waals surface area contributed by atoms with Crippen LogP contribution in [0.15, 0.2) is 59.6 Å². The smallest absolute Gasteiger partial charge is 0.356 e. The van der Waals surface area contributed by atoms with E-state index in [1.165, 1.54) is 6.07 Å². The van der Waals surface area contributed by atoms with E-state index in [-0.39, 0.29) is 42.8 Å². The number of hydrogen-bond acceptors (Lipinski definition) is 2. The standard InChI is InChI=1S/C20H23F3N4O.HI/c1-24-19(27-14-16-8-5-9-17(12-16)20(21,22)23)25-11-10-18(28)26-13-15-6-3-2-4-7-15;/h2-9,12H,10-11,13-14H2,1H3,(H,26,28)(H2,24,25,27);1H. The third-order valence-electron chi connectivity index (χ3n) is 3.91. The zero-order chi connectivity index (χ0) is 20.4.